The summed E-state index contributed by atoms with van der Waals surface area (Å²) in [6.07, 6.45) is 2.13. The van der Waals surface area contributed by atoms with Crippen LogP contribution in [0, 0.1) is 0 Å². The molecule has 1 aliphatic carbocycles. The summed E-state index contributed by atoms with van der Waals surface area (Å²) < 4.78 is 0. The zero-order valence-corrected chi connectivity index (χ0v) is 10.3. The molecule has 1 aliphatic rings. The summed E-state index contributed by atoms with van der Waals surface area (Å²) in [4.78, 5) is 23.1. The second kappa shape index (κ2) is 5.18. The molecule has 5 heteroatoms. The van der Waals surface area contributed by atoms with Gasteiger partial charge in [-0.25, -0.2) is 0 Å². The molecule has 2 rings (SSSR count). The normalized spacial score (nSPS) is 15.9. The predicted molar refractivity (Wildman–Crippen MR) is 69.2 cm³/mol. The van der Waals surface area contributed by atoms with Gasteiger partial charge in [0.15, 0.2) is 0 Å². The molecule has 0 spiro atoms. The van der Waals surface area contributed by atoms with Crippen LogP contribution in [0.5, 0.6) is 0 Å². The quantitative estimate of drug-likeness (QED) is 0.738. The van der Waals surface area contributed by atoms with Gasteiger partial charge in [0.05, 0.1) is 6.04 Å². The molecule has 1 atom stereocenters. The van der Waals surface area contributed by atoms with E-state index >= 15 is 0 Å². The number of nitrogens with two attached hydrogens (primary N) is 1. The molecule has 96 valence electrons. The summed E-state index contributed by atoms with van der Waals surface area (Å²) in [5.74, 6) is -0.312. The van der Waals surface area contributed by atoms with E-state index in [9.17, 15) is 9.59 Å². The summed E-state index contributed by atoms with van der Waals surface area (Å²) in [7, 11) is 0. The molecule has 0 radical (unpaired) electrons. The molecule has 1 aromatic carbocycles. The topological polar surface area (TPSA) is 84.2 Å². The van der Waals surface area contributed by atoms with Crippen LogP contribution in [0.4, 0.5) is 5.69 Å². The van der Waals surface area contributed by atoms with Gasteiger partial charge in [-0.3, -0.25) is 9.59 Å². The van der Waals surface area contributed by atoms with E-state index in [2.05, 4.69) is 10.6 Å². The van der Waals surface area contributed by atoms with Crippen molar-refractivity contribution < 1.29 is 9.59 Å². The van der Waals surface area contributed by atoms with E-state index in [0.717, 1.165) is 12.8 Å². The molecule has 1 saturated carbocycles. The largest absolute Gasteiger partial charge is 0.349 e. The van der Waals surface area contributed by atoms with Crippen molar-refractivity contribution >= 4 is 17.5 Å². The maximum Gasteiger partial charge on any atom is 0.251 e. The lowest BCUT2D eigenvalue weighted by Crippen LogP contribution is -2.32. The van der Waals surface area contributed by atoms with Crippen molar-refractivity contribution in [1.82, 2.24) is 5.32 Å². The average molecular weight is 247 g/mol. The van der Waals surface area contributed by atoms with Crippen LogP contribution in [0.15, 0.2) is 24.3 Å². The number of carbonyl (C=O) groups is 2. The maximum absolute atomic E-state index is 11.7. The van der Waals surface area contributed by atoms with Crippen molar-refractivity contribution in [2.75, 3.05) is 5.32 Å². The van der Waals surface area contributed by atoms with Crippen molar-refractivity contribution in [3.8, 4) is 0 Å². The van der Waals surface area contributed by atoms with Gasteiger partial charge in [-0.05, 0) is 44.0 Å². The van der Waals surface area contributed by atoms with Crippen molar-refractivity contribution in [2.45, 2.75) is 31.8 Å². The first-order valence-electron chi connectivity index (χ1n) is 6.03. The summed E-state index contributed by atoms with van der Waals surface area (Å²) in [6.45, 7) is 1.62. The van der Waals surface area contributed by atoms with Gasteiger partial charge in [-0.2, -0.15) is 0 Å². The van der Waals surface area contributed by atoms with Gasteiger partial charge in [0, 0.05) is 17.3 Å². The van der Waals surface area contributed by atoms with Crippen molar-refractivity contribution in [3.05, 3.63) is 29.8 Å². The van der Waals surface area contributed by atoms with E-state index in [4.69, 9.17) is 5.73 Å². The molecule has 2 amide bonds. The molecule has 0 saturated heterocycles. The second-order valence-corrected chi connectivity index (χ2v) is 4.60. The number of benzene rings is 1. The fourth-order valence-corrected chi connectivity index (χ4v) is 1.46. The van der Waals surface area contributed by atoms with E-state index in [1.54, 1.807) is 31.2 Å². The molecule has 18 heavy (non-hydrogen) atoms. The molecule has 0 aliphatic heterocycles. The molecule has 0 aromatic heterocycles. The maximum atomic E-state index is 11.7. The highest BCUT2D eigenvalue weighted by atomic mass is 16.2. The molecule has 0 bridgehead atoms. The Kier molecular flexibility index (Phi) is 3.62. The molecule has 1 aromatic rings. The Labute approximate surface area is 106 Å². The predicted octanol–water partition coefficient (Wildman–Crippen LogP) is 0.864. The number of hydrogen-bond acceptors (Lipinski definition) is 3. The van der Waals surface area contributed by atoms with Crippen LogP contribution in [-0.4, -0.2) is 23.9 Å². The highest BCUT2D eigenvalue weighted by Gasteiger charge is 2.23. The lowest BCUT2D eigenvalue weighted by Gasteiger charge is -2.08. The highest BCUT2D eigenvalue weighted by Crippen LogP contribution is 2.19. The molecule has 0 unspecified atom stereocenters. The zero-order chi connectivity index (χ0) is 13.1. The smallest absolute Gasteiger partial charge is 0.251 e. The summed E-state index contributed by atoms with van der Waals surface area (Å²) in [6, 6.07) is 6.56. The Morgan fingerprint density at radius 1 is 1.28 bits per heavy atom. The molecular weight excluding hydrogens is 230 g/mol. The first-order valence-corrected chi connectivity index (χ1v) is 6.03. The van der Waals surface area contributed by atoms with E-state index < -0.39 is 6.04 Å². The Bertz CT molecular complexity index is 450. The number of anilines is 1. The SMILES string of the molecule is C[C@@H](N)C(=O)Nc1ccc(C(=O)NC2CC2)cc1. The van der Waals surface area contributed by atoms with Crippen LogP contribution >= 0.6 is 0 Å². The monoisotopic (exact) mass is 247 g/mol. The minimum absolute atomic E-state index is 0.0671. The third kappa shape index (κ3) is 3.30. The van der Waals surface area contributed by atoms with Crippen LogP contribution in [0.25, 0.3) is 0 Å². The standard InChI is InChI=1S/C13H17N3O2/c1-8(14)12(17)15-10-4-2-9(3-5-10)13(18)16-11-6-7-11/h2-5,8,11H,6-7,14H2,1H3,(H,15,17)(H,16,18)/t8-/m1/s1. The van der Waals surface area contributed by atoms with E-state index in [1.807, 2.05) is 0 Å². The van der Waals surface area contributed by atoms with E-state index in [-0.39, 0.29) is 11.8 Å². The fourth-order valence-electron chi connectivity index (χ4n) is 1.46. The lowest BCUT2D eigenvalue weighted by atomic mass is 10.2. The van der Waals surface area contributed by atoms with Crippen LogP contribution in [-0.2, 0) is 4.79 Å². The van der Waals surface area contributed by atoms with Crippen LogP contribution in [0.3, 0.4) is 0 Å². The number of hydrogen-bond donors (Lipinski definition) is 3. The minimum atomic E-state index is -0.553. The number of nitrogens with one attached hydrogen (secondary N) is 2. The lowest BCUT2D eigenvalue weighted by molar-refractivity contribution is -0.117. The summed E-state index contributed by atoms with van der Waals surface area (Å²) in [5, 5.41) is 5.57. The van der Waals surface area contributed by atoms with Crippen molar-refractivity contribution in [2.24, 2.45) is 5.73 Å². The fraction of sp³-hybridized carbons (Fsp3) is 0.385. The number of carbonyl (C=O) groups excluding carboxylic acids is 2. The Hall–Kier alpha value is -1.88. The first-order chi connectivity index (χ1) is 8.56. The summed E-state index contributed by atoms with van der Waals surface area (Å²) in [5.41, 5.74) is 6.68. The van der Waals surface area contributed by atoms with E-state index in [0.29, 0.717) is 17.3 Å². The molecular formula is C13H17N3O2. The molecule has 5 nitrogen and oxygen atoms in total. The van der Waals surface area contributed by atoms with Gasteiger partial charge in [0.25, 0.3) is 5.91 Å². The third-order valence-corrected chi connectivity index (χ3v) is 2.74. The van der Waals surface area contributed by atoms with Crippen molar-refractivity contribution in [3.63, 3.8) is 0 Å². The average Bonchev–Trinajstić information content (AvgIpc) is 3.13. The van der Waals surface area contributed by atoms with Gasteiger partial charge >= 0.3 is 0 Å². The van der Waals surface area contributed by atoms with Gasteiger partial charge in [-0.1, -0.05) is 0 Å². The minimum Gasteiger partial charge on any atom is -0.349 e. The van der Waals surface area contributed by atoms with E-state index in [1.165, 1.54) is 0 Å². The first kappa shape index (κ1) is 12.6. The van der Waals surface area contributed by atoms with Crippen LogP contribution in [0.2, 0.25) is 0 Å². The van der Waals surface area contributed by atoms with Crippen LogP contribution in [0.1, 0.15) is 30.1 Å². The third-order valence-electron chi connectivity index (χ3n) is 2.74. The van der Waals surface area contributed by atoms with Gasteiger partial charge in [-0.15, -0.1) is 0 Å². The Morgan fingerprint density at radius 2 is 1.89 bits per heavy atom. The Balaban J connectivity index is 1.96. The molecule has 4 N–H and O–H groups in total. The van der Waals surface area contributed by atoms with Gasteiger partial charge in [0.2, 0.25) is 5.91 Å². The number of amides is 2. The highest BCUT2D eigenvalue weighted by molar-refractivity contribution is 5.97. The molecule has 0 heterocycles. The zero-order valence-electron chi connectivity index (χ0n) is 10.3. The van der Waals surface area contributed by atoms with Crippen molar-refractivity contribution in [1.29, 1.82) is 0 Å². The van der Waals surface area contributed by atoms with Gasteiger partial charge < -0.3 is 16.4 Å². The number of rotatable bonds is 4. The summed E-state index contributed by atoms with van der Waals surface area (Å²) >= 11 is 0. The Morgan fingerprint density at radius 3 is 2.39 bits per heavy atom. The van der Waals surface area contributed by atoms with Crippen LogP contribution < -0.4 is 16.4 Å². The van der Waals surface area contributed by atoms with Gasteiger partial charge in [0.1, 0.15) is 0 Å². The second-order valence-electron chi connectivity index (χ2n) is 4.60. The molecule has 1 fully saturated rings.